The average Bonchev–Trinajstić information content (AvgIpc) is 2.72. The van der Waals surface area contributed by atoms with Crippen molar-refractivity contribution in [3.63, 3.8) is 0 Å². The molecule has 9 heteroatoms. The number of carbonyl (C=O) groups is 1. The van der Waals surface area contributed by atoms with Crippen LogP contribution in [0.2, 0.25) is 0 Å². The van der Waals surface area contributed by atoms with Crippen molar-refractivity contribution in [1.29, 1.82) is 0 Å². The SMILES string of the molecule is COc1ccc(S(=O)(=O)N2CCc3cc(OC)c(OC)cc3[C@@H]2CC(=O)O)cc1. The van der Waals surface area contributed by atoms with Gasteiger partial charge in [-0.3, -0.25) is 4.79 Å². The van der Waals surface area contributed by atoms with E-state index >= 15 is 0 Å². The molecule has 0 unspecified atom stereocenters. The van der Waals surface area contributed by atoms with E-state index < -0.39 is 22.0 Å². The van der Waals surface area contributed by atoms with Gasteiger partial charge in [-0.1, -0.05) is 0 Å². The van der Waals surface area contributed by atoms with Gasteiger partial charge in [-0.25, -0.2) is 8.42 Å². The normalized spacial score (nSPS) is 16.7. The number of sulfonamides is 1. The van der Waals surface area contributed by atoms with Gasteiger partial charge in [-0.15, -0.1) is 0 Å². The van der Waals surface area contributed by atoms with Crippen LogP contribution in [0.4, 0.5) is 0 Å². The largest absolute Gasteiger partial charge is 0.497 e. The summed E-state index contributed by atoms with van der Waals surface area (Å²) in [5.41, 5.74) is 1.45. The lowest BCUT2D eigenvalue weighted by Gasteiger charge is -2.36. The molecule has 8 nitrogen and oxygen atoms in total. The van der Waals surface area contributed by atoms with Crippen LogP contribution in [0.5, 0.6) is 17.2 Å². The monoisotopic (exact) mass is 421 g/mol. The van der Waals surface area contributed by atoms with E-state index in [1.807, 2.05) is 0 Å². The molecule has 0 spiro atoms. The van der Waals surface area contributed by atoms with Crippen molar-refractivity contribution in [1.82, 2.24) is 4.31 Å². The Balaban J connectivity index is 2.08. The van der Waals surface area contributed by atoms with Gasteiger partial charge in [0, 0.05) is 6.54 Å². The smallest absolute Gasteiger partial charge is 0.305 e. The van der Waals surface area contributed by atoms with Gasteiger partial charge in [0.2, 0.25) is 10.0 Å². The van der Waals surface area contributed by atoms with Crippen molar-refractivity contribution in [2.24, 2.45) is 0 Å². The number of benzene rings is 2. The van der Waals surface area contributed by atoms with E-state index in [0.717, 1.165) is 5.56 Å². The van der Waals surface area contributed by atoms with Crippen LogP contribution in [0.25, 0.3) is 0 Å². The second kappa shape index (κ2) is 8.30. The molecule has 0 bridgehead atoms. The Kier molecular flexibility index (Phi) is 5.99. The third-order valence-corrected chi connectivity index (χ3v) is 6.91. The van der Waals surface area contributed by atoms with Gasteiger partial charge in [0.05, 0.1) is 38.7 Å². The van der Waals surface area contributed by atoms with E-state index in [0.29, 0.717) is 29.2 Å². The number of hydrogen-bond donors (Lipinski definition) is 1. The molecule has 0 aromatic heterocycles. The molecular formula is C20H23NO7S. The molecule has 0 saturated carbocycles. The fraction of sp³-hybridized carbons (Fsp3) is 0.350. The maximum absolute atomic E-state index is 13.3. The fourth-order valence-corrected chi connectivity index (χ4v) is 5.16. The highest BCUT2D eigenvalue weighted by atomic mass is 32.2. The summed E-state index contributed by atoms with van der Waals surface area (Å²) in [7, 11) is 0.572. The highest BCUT2D eigenvalue weighted by Crippen LogP contribution is 2.41. The van der Waals surface area contributed by atoms with Crippen LogP contribution in [0, 0.1) is 0 Å². The summed E-state index contributed by atoms with van der Waals surface area (Å²) in [5.74, 6) is 0.386. The van der Waals surface area contributed by atoms with E-state index in [1.165, 1.54) is 37.8 Å². The van der Waals surface area contributed by atoms with Crippen LogP contribution in [0.15, 0.2) is 41.3 Å². The zero-order valence-electron chi connectivity index (χ0n) is 16.4. The minimum absolute atomic E-state index is 0.0811. The van der Waals surface area contributed by atoms with E-state index in [2.05, 4.69) is 0 Å². The average molecular weight is 421 g/mol. The molecule has 1 N–H and O–H groups in total. The highest BCUT2D eigenvalue weighted by Gasteiger charge is 2.38. The summed E-state index contributed by atoms with van der Waals surface area (Å²) in [6.45, 7) is 0.162. The number of rotatable bonds is 7. The van der Waals surface area contributed by atoms with E-state index in [1.54, 1.807) is 24.3 Å². The predicted octanol–water partition coefficient (Wildman–Crippen LogP) is 2.48. The third kappa shape index (κ3) is 4.01. The van der Waals surface area contributed by atoms with Crippen molar-refractivity contribution in [2.45, 2.75) is 23.8 Å². The summed E-state index contributed by atoms with van der Waals surface area (Å²) in [5, 5.41) is 9.45. The number of hydrogen-bond acceptors (Lipinski definition) is 6. The maximum atomic E-state index is 13.3. The number of fused-ring (bicyclic) bond motifs is 1. The van der Waals surface area contributed by atoms with Crippen LogP contribution in [0.3, 0.4) is 0 Å². The van der Waals surface area contributed by atoms with Gasteiger partial charge >= 0.3 is 5.97 Å². The van der Waals surface area contributed by atoms with Crippen LogP contribution in [0.1, 0.15) is 23.6 Å². The summed E-state index contributed by atoms with van der Waals surface area (Å²) in [4.78, 5) is 11.6. The Hall–Kier alpha value is -2.78. The second-order valence-electron chi connectivity index (χ2n) is 6.56. The van der Waals surface area contributed by atoms with Crippen LogP contribution in [-0.4, -0.2) is 51.7 Å². The Labute approximate surface area is 169 Å². The molecule has 3 rings (SSSR count). The molecular weight excluding hydrogens is 398 g/mol. The van der Waals surface area contributed by atoms with Gasteiger partial charge in [-0.05, 0) is 53.9 Å². The second-order valence-corrected chi connectivity index (χ2v) is 8.45. The number of nitrogens with zero attached hydrogens (tertiary/aromatic N) is 1. The molecule has 1 aliphatic heterocycles. The first-order valence-electron chi connectivity index (χ1n) is 8.94. The zero-order valence-corrected chi connectivity index (χ0v) is 17.2. The first-order valence-corrected chi connectivity index (χ1v) is 10.4. The molecule has 0 amide bonds. The Morgan fingerprint density at radius 1 is 1.07 bits per heavy atom. The molecule has 2 aromatic carbocycles. The lowest BCUT2D eigenvalue weighted by Crippen LogP contribution is -2.41. The first-order chi connectivity index (χ1) is 13.8. The number of carboxylic acids is 1. The molecule has 1 heterocycles. The van der Waals surface area contributed by atoms with E-state index in [4.69, 9.17) is 14.2 Å². The summed E-state index contributed by atoms with van der Waals surface area (Å²) in [6, 6.07) is 8.61. The van der Waals surface area contributed by atoms with Crippen molar-refractivity contribution in [3.8, 4) is 17.2 Å². The number of ether oxygens (including phenoxy) is 3. The Bertz CT molecular complexity index is 1000. The topological polar surface area (TPSA) is 102 Å². The molecule has 156 valence electrons. The van der Waals surface area contributed by atoms with Gasteiger partial charge in [0.1, 0.15) is 5.75 Å². The predicted molar refractivity (Wildman–Crippen MR) is 105 cm³/mol. The molecule has 1 aliphatic rings. The molecule has 2 aromatic rings. The highest BCUT2D eigenvalue weighted by molar-refractivity contribution is 7.89. The van der Waals surface area contributed by atoms with Gasteiger partial charge in [0.15, 0.2) is 11.5 Å². The lowest BCUT2D eigenvalue weighted by molar-refractivity contribution is -0.138. The number of carboxylic acid groups (broad SMARTS) is 1. The maximum Gasteiger partial charge on any atom is 0.305 e. The first kappa shape index (κ1) is 20.9. The lowest BCUT2D eigenvalue weighted by atomic mass is 9.92. The quantitative estimate of drug-likeness (QED) is 0.733. The van der Waals surface area contributed by atoms with Crippen molar-refractivity contribution >= 4 is 16.0 Å². The van der Waals surface area contributed by atoms with Crippen molar-refractivity contribution < 1.29 is 32.5 Å². The molecule has 29 heavy (non-hydrogen) atoms. The number of methoxy groups -OCH3 is 3. The van der Waals surface area contributed by atoms with Crippen LogP contribution >= 0.6 is 0 Å². The molecule has 0 fully saturated rings. The summed E-state index contributed by atoms with van der Waals surface area (Å²) < 4.78 is 43.6. The number of aliphatic carboxylic acids is 1. The van der Waals surface area contributed by atoms with Crippen molar-refractivity contribution in [2.75, 3.05) is 27.9 Å². The van der Waals surface area contributed by atoms with Crippen LogP contribution < -0.4 is 14.2 Å². The van der Waals surface area contributed by atoms with E-state index in [9.17, 15) is 18.3 Å². The zero-order chi connectivity index (χ0) is 21.2. The van der Waals surface area contributed by atoms with Gasteiger partial charge in [-0.2, -0.15) is 4.31 Å². The van der Waals surface area contributed by atoms with Crippen LogP contribution in [-0.2, 0) is 21.2 Å². The minimum atomic E-state index is -3.92. The van der Waals surface area contributed by atoms with Crippen molar-refractivity contribution in [3.05, 3.63) is 47.5 Å². The molecule has 0 saturated heterocycles. The third-order valence-electron chi connectivity index (χ3n) is 4.99. The van der Waals surface area contributed by atoms with Gasteiger partial charge in [0.25, 0.3) is 0 Å². The fourth-order valence-electron chi connectivity index (χ4n) is 3.55. The molecule has 0 radical (unpaired) electrons. The standard InChI is InChI=1S/C20H23NO7S/c1-26-14-4-6-15(7-5-14)29(24,25)21-9-8-13-10-18(27-2)19(28-3)11-16(13)17(21)12-20(22)23/h4-7,10-11,17H,8-9,12H2,1-3H3,(H,22,23)/t17-/m0/s1. The molecule has 0 aliphatic carbocycles. The molecule has 1 atom stereocenters. The Morgan fingerprint density at radius 2 is 1.69 bits per heavy atom. The van der Waals surface area contributed by atoms with E-state index in [-0.39, 0.29) is 17.9 Å². The minimum Gasteiger partial charge on any atom is -0.497 e. The Morgan fingerprint density at radius 3 is 2.24 bits per heavy atom. The summed E-state index contributed by atoms with van der Waals surface area (Å²) >= 11 is 0. The van der Waals surface area contributed by atoms with Gasteiger partial charge < -0.3 is 19.3 Å². The summed E-state index contributed by atoms with van der Waals surface area (Å²) in [6.07, 6.45) is 0.0685.